The number of rotatable bonds is 12. The van der Waals surface area contributed by atoms with Crippen LogP contribution in [0.1, 0.15) is 59.8 Å². The van der Waals surface area contributed by atoms with Crippen molar-refractivity contribution < 1.29 is 8.42 Å². The summed E-state index contributed by atoms with van der Waals surface area (Å²) in [7, 11) is -2.90. The first-order valence-electron chi connectivity index (χ1n) is 8.07. The molecule has 0 amide bonds. The Morgan fingerprint density at radius 3 is 1.80 bits per heavy atom. The molecular weight excluding hydrogens is 395 g/mol. The number of sulfone groups is 1. The molecule has 0 aromatic heterocycles. The predicted molar refractivity (Wildman–Crippen MR) is 96.0 cm³/mol. The summed E-state index contributed by atoms with van der Waals surface area (Å²) < 4.78 is 27.5. The molecule has 20 heavy (non-hydrogen) atoms. The Morgan fingerprint density at radius 1 is 1.00 bits per heavy atom. The molecule has 0 spiro atoms. The fourth-order valence-electron chi connectivity index (χ4n) is 2.63. The number of unbranched alkanes of at least 4 members (excludes halogenated alkanes) is 2. The minimum absolute atomic E-state index is 0.0874. The zero-order chi connectivity index (χ0) is 15.6. The van der Waals surface area contributed by atoms with Crippen LogP contribution in [0.15, 0.2) is 0 Å². The van der Waals surface area contributed by atoms with E-state index in [1.807, 2.05) is 11.8 Å². The standard InChI is InChI=1S/C7H15O2S2.2C4H9.Sn/c1-4-7(6-10-5-2)11(3,8)9;2*1-3-4-2;/h6-7H,4-5H2,1-3H3;2*1,3-4H2,2H3;. The van der Waals surface area contributed by atoms with Crippen LogP contribution in [0, 0.1) is 0 Å². The van der Waals surface area contributed by atoms with Crippen LogP contribution in [-0.4, -0.2) is 48.7 Å². The summed E-state index contributed by atoms with van der Waals surface area (Å²) in [5, 5.41) is -0.0874. The van der Waals surface area contributed by atoms with Crippen molar-refractivity contribution in [2.75, 3.05) is 12.0 Å². The molecule has 2 nitrogen and oxygen atoms in total. The van der Waals surface area contributed by atoms with E-state index in [9.17, 15) is 8.42 Å². The van der Waals surface area contributed by atoms with E-state index in [1.54, 1.807) is 0 Å². The molecule has 1 radical (unpaired) electrons. The Morgan fingerprint density at radius 2 is 1.50 bits per heavy atom. The van der Waals surface area contributed by atoms with Crippen molar-refractivity contribution in [2.24, 2.45) is 0 Å². The van der Waals surface area contributed by atoms with Crippen LogP contribution in [0.3, 0.4) is 0 Å². The van der Waals surface area contributed by atoms with Gasteiger partial charge in [0.05, 0.1) is 0 Å². The number of hydrogen-bond acceptors (Lipinski definition) is 3. The summed E-state index contributed by atoms with van der Waals surface area (Å²) in [5.74, 6) is 1.05. The molecule has 0 saturated heterocycles. The minimum atomic E-state index is -2.90. The van der Waals surface area contributed by atoms with Crippen LogP contribution < -0.4 is 0 Å². The van der Waals surface area contributed by atoms with Gasteiger partial charge in [-0.05, 0) is 0 Å². The van der Waals surface area contributed by atoms with Gasteiger partial charge in [0, 0.05) is 0 Å². The molecule has 2 atom stereocenters. The molecule has 0 fully saturated rings. The molecule has 0 N–H and O–H groups in total. The van der Waals surface area contributed by atoms with Gasteiger partial charge in [0.15, 0.2) is 0 Å². The van der Waals surface area contributed by atoms with Crippen LogP contribution in [0.5, 0.6) is 0 Å². The average molecular weight is 428 g/mol. The van der Waals surface area contributed by atoms with Crippen molar-refractivity contribution in [1.82, 2.24) is 0 Å². The Kier molecular flexibility index (Phi) is 12.3. The Hall–Kier alpha value is 1.10. The fourth-order valence-corrected chi connectivity index (χ4v) is 23.1. The van der Waals surface area contributed by atoms with E-state index in [0.29, 0.717) is 3.27 Å². The molecule has 0 heterocycles. The monoisotopic (exact) mass is 429 g/mol. The molecule has 2 unspecified atom stereocenters. The zero-order valence-corrected chi connectivity index (χ0v) is 18.4. The quantitative estimate of drug-likeness (QED) is 0.428. The van der Waals surface area contributed by atoms with E-state index in [1.165, 1.54) is 40.8 Å². The van der Waals surface area contributed by atoms with E-state index in [4.69, 9.17) is 0 Å². The summed E-state index contributed by atoms with van der Waals surface area (Å²) in [4.78, 5) is 0. The molecule has 0 aliphatic heterocycles. The summed E-state index contributed by atoms with van der Waals surface area (Å²) in [6, 6.07) is 0. The first-order chi connectivity index (χ1) is 9.42. The summed E-state index contributed by atoms with van der Waals surface area (Å²) in [5.41, 5.74) is 0. The van der Waals surface area contributed by atoms with Gasteiger partial charge in [-0.2, -0.15) is 0 Å². The molecular formula is C15H33O2S2Sn. The predicted octanol–water partition coefficient (Wildman–Crippen LogP) is 4.57. The van der Waals surface area contributed by atoms with Gasteiger partial charge >= 0.3 is 139 Å². The van der Waals surface area contributed by atoms with Gasteiger partial charge in [0.1, 0.15) is 0 Å². The molecule has 0 aliphatic carbocycles. The van der Waals surface area contributed by atoms with E-state index >= 15 is 0 Å². The second-order valence-corrected chi connectivity index (χ2v) is 18.8. The van der Waals surface area contributed by atoms with Crippen LogP contribution >= 0.6 is 11.8 Å². The third-order valence-electron chi connectivity index (χ3n) is 3.74. The maximum atomic E-state index is 12.1. The topological polar surface area (TPSA) is 34.1 Å². The van der Waals surface area contributed by atoms with Gasteiger partial charge < -0.3 is 0 Å². The number of hydrogen-bond donors (Lipinski definition) is 0. The van der Waals surface area contributed by atoms with Gasteiger partial charge in [-0.25, -0.2) is 0 Å². The molecule has 0 aliphatic rings. The molecule has 0 rings (SSSR count). The summed E-state index contributed by atoms with van der Waals surface area (Å²) in [6.07, 6.45) is 7.34. The first kappa shape index (κ1) is 21.1. The van der Waals surface area contributed by atoms with Crippen LogP contribution in [0.4, 0.5) is 0 Å². The van der Waals surface area contributed by atoms with Crippen LogP contribution in [0.25, 0.3) is 0 Å². The normalized spacial score (nSPS) is 15.5. The van der Waals surface area contributed by atoms with Crippen molar-refractivity contribution >= 4 is 41.4 Å². The SMILES string of the molecule is CCC[CH2][Sn]([CH2]CCC)[CH](SCC)C(CC)S(C)(=O)=O. The molecule has 0 bridgehead atoms. The second kappa shape index (κ2) is 11.6. The van der Waals surface area contributed by atoms with Crippen molar-refractivity contribution in [1.29, 1.82) is 0 Å². The van der Waals surface area contributed by atoms with Crippen molar-refractivity contribution in [2.45, 2.75) is 77.2 Å². The maximum absolute atomic E-state index is 12.1. The molecule has 0 aromatic carbocycles. The molecule has 0 aromatic rings. The van der Waals surface area contributed by atoms with Crippen LogP contribution in [-0.2, 0) is 9.84 Å². The van der Waals surface area contributed by atoms with E-state index < -0.39 is 29.6 Å². The Balaban J connectivity index is 5.10. The van der Waals surface area contributed by atoms with Crippen LogP contribution in [0.2, 0.25) is 8.87 Å². The van der Waals surface area contributed by atoms with Gasteiger partial charge in [0.25, 0.3) is 0 Å². The average Bonchev–Trinajstić information content (AvgIpc) is 2.37. The molecule has 121 valence electrons. The first-order valence-corrected chi connectivity index (χ1v) is 16.8. The van der Waals surface area contributed by atoms with E-state index in [2.05, 4.69) is 27.7 Å². The van der Waals surface area contributed by atoms with Crippen molar-refractivity contribution in [3.63, 3.8) is 0 Å². The Bertz CT molecular complexity index is 323. The van der Waals surface area contributed by atoms with E-state index in [0.717, 1.165) is 12.2 Å². The molecule has 5 heteroatoms. The zero-order valence-electron chi connectivity index (χ0n) is 13.9. The van der Waals surface area contributed by atoms with Crippen molar-refractivity contribution in [3.8, 4) is 0 Å². The van der Waals surface area contributed by atoms with Gasteiger partial charge in [0.2, 0.25) is 0 Å². The Labute approximate surface area is 138 Å². The van der Waals surface area contributed by atoms with Gasteiger partial charge in [-0.1, -0.05) is 0 Å². The third kappa shape index (κ3) is 7.92. The number of thioether (sulfide) groups is 1. The van der Waals surface area contributed by atoms with E-state index in [-0.39, 0.29) is 5.25 Å². The van der Waals surface area contributed by atoms with Crippen molar-refractivity contribution in [3.05, 3.63) is 0 Å². The third-order valence-corrected chi connectivity index (χ3v) is 20.1. The van der Waals surface area contributed by atoms with Gasteiger partial charge in [-0.15, -0.1) is 0 Å². The summed E-state index contributed by atoms with van der Waals surface area (Å²) >= 11 is 0.316. The fraction of sp³-hybridized carbons (Fsp3) is 1.00. The second-order valence-electron chi connectivity index (χ2n) is 5.52. The molecule has 0 saturated carbocycles. The summed E-state index contributed by atoms with van der Waals surface area (Å²) in [6.45, 7) is 8.72. The van der Waals surface area contributed by atoms with Gasteiger partial charge in [-0.3, -0.25) is 0 Å².